The molecule has 3 N–H and O–H groups in total. The number of hydrogen-bond acceptors (Lipinski definition) is 10. The Bertz CT molecular complexity index is 1180. The van der Waals surface area contributed by atoms with E-state index in [2.05, 4.69) is 4.98 Å². The molecule has 1 aromatic heterocycles. The molecule has 0 aliphatic carbocycles. The molecule has 2 fully saturated rings. The summed E-state index contributed by atoms with van der Waals surface area (Å²) in [6.45, 7) is 0.631. The number of rotatable bonds is 8. The van der Waals surface area contributed by atoms with Gasteiger partial charge in [-0.05, 0) is 32.2 Å². The average Bonchev–Trinajstić information content (AvgIpc) is 3.33. The second-order valence-electron chi connectivity index (χ2n) is 8.38. The van der Waals surface area contributed by atoms with Gasteiger partial charge in [-0.15, -0.1) is 0 Å². The van der Waals surface area contributed by atoms with Gasteiger partial charge in [-0.1, -0.05) is 18.2 Å². The zero-order valence-electron chi connectivity index (χ0n) is 19.0. The minimum absolute atomic E-state index is 0.0577. The number of nitrogen functional groups attached to an aromatic ring is 1. The van der Waals surface area contributed by atoms with Crippen LogP contribution in [0.4, 0.5) is 10.2 Å². The first-order valence-corrected chi connectivity index (χ1v) is 12.3. The molecule has 35 heavy (non-hydrogen) atoms. The Morgan fingerprint density at radius 3 is 2.69 bits per heavy atom. The van der Waals surface area contributed by atoms with Gasteiger partial charge in [-0.3, -0.25) is 13.9 Å². The van der Waals surface area contributed by atoms with E-state index in [1.54, 1.807) is 30.3 Å². The monoisotopic (exact) mass is 512 g/mol. The Balaban J connectivity index is 1.56. The Kier molecular flexibility index (Phi) is 6.98. The number of nitrogens with zero attached hydrogens (tertiary/aromatic N) is 3. The molecule has 2 aliphatic rings. The lowest BCUT2D eigenvalue weighted by Crippen LogP contribution is -2.43. The van der Waals surface area contributed by atoms with Crippen molar-refractivity contribution in [1.82, 2.24) is 14.2 Å². The molecule has 1 unspecified atom stereocenters. The van der Waals surface area contributed by atoms with E-state index < -0.39 is 56.2 Å². The number of nitrogens with two attached hydrogens (primary N) is 1. The van der Waals surface area contributed by atoms with Gasteiger partial charge >= 0.3 is 19.4 Å². The lowest BCUT2D eigenvalue weighted by molar-refractivity contribution is -0.141. The molecule has 6 atom stereocenters. The number of anilines is 1. The number of hydrogen-bond donors (Lipinski definition) is 2. The molecule has 2 aromatic rings. The van der Waals surface area contributed by atoms with Crippen LogP contribution in [0, 0.1) is 0 Å². The maximum absolute atomic E-state index is 15.5. The second kappa shape index (κ2) is 9.67. The van der Waals surface area contributed by atoms with Crippen molar-refractivity contribution < 1.29 is 37.4 Å². The van der Waals surface area contributed by atoms with Crippen LogP contribution >= 0.6 is 7.75 Å². The van der Waals surface area contributed by atoms with Crippen molar-refractivity contribution in [2.75, 3.05) is 26.0 Å². The van der Waals surface area contributed by atoms with Crippen LogP contribution in [0.1, 0.15) is 19.6 Å². The zero-order chi connectivity index (χ0) is 25.4. The summed E-state index contributed by atoms with van der Waals surface area (Å²) in [7, 11) is -2.84. The highest BCUT2D eigenvalue weighted by atomic mass is 31.2. The quantitative estimate of drug-likeness (QED) is 0.388. The van der Waals surface area contributed by atoms with Gasteiger partial charge in [0.25, 0.3) is 0 Å². The van der Waals surface area contributed by atoms with Gasteiger partial charge in [0.1, 0.15) is 29.8 Å². The number of carbonyl (C=O) groups is 1. The topological polar surface area (TPSA) is 155 Å². The standard InChI is InChI=1S/C21H26FN4O8P/c1-21(22)17(27)15(33-19(21)26-10-8-16(23)24-20(26)29)12-32-35(30,34-13-6-4-3-5-7-13)25(2)14-9-11-31-18(14)28/h3-8,10,14-15,17,19,27H,9,11-12H2,1-2H3,(H2,23,24,29)/t14-,15+,17+,19+,21+,35?/m0/s1. The average molecular weight is 512 g/mol. The van der Waals surface area contributed by atoms with E-state index in [1.165, 1.54) is 19.3 Å². The minimum atomic E-state index is -4.23. The summed E-state index contributed by atoms with van der Waals surface area (Å²) in [5, 5.41) is 10.6. The number of aromatic nitrogens is 2. The smallest absolute Gasteiger partial charge is 0.462 e. The first kappa shape index (κ1) is 25.3. The predicted octanol–water partition coefficient (Wildman–Crippen LogP) is 1.26. The molecule has 190 valence electrons. The number of carbonyl (C=O) groups excluding carboxylic acids is 1. The van der Waals surface area contributed by atoms with E-state index in [9.17, 15) is 19.3 Å². The normalized spacial score (nSPS) is 30.3. The number of esters is 1. The zero-order valence-corrected chi connectivity index (χ0v) is 19.9. The first-order chi connectivity index (χ1) is 16.5. The summed E-state index contributed by atoms with van der Waals surface area (Å²) in [5.41, 5.74) is 2.19. The molecule has 4 rings (SSSR count). The molecule has 0 radical (unpaired) electrons. The number of ether oxygens (including phenoxy) is 2. The van der Waals surface area contributed by atoms with Crippen LogP contribution in [-0.4, -0.2) is 69.5 Å². The van der Waals surface area contributed by atoms with E-state index in [0.29, 0.717) is 0 Å². The molecule has 0 amide bonds. The molecule has 0 bridgehead atoms. The highest BCUT2D eigenvalue weighted by molar-refractivity contribution is 7.51. The van der Waals surface area contributed by atoms with Crippen molar-refractivity contribution in [1.29, 1.82) is 0 Å². The molecule has 2 saturated heterocycles. The van der Waals surface area contributed by atoms with Crippen molar-refractivity contribution in [3.05, 3.63) is 53.1 Å². The molecule has 3 heterocycles. The highest BCUT2D eigenvalue weighted by Crippen LogP contribution is 2.54. The van der Waals surface area contributed by atoms with Gasteiger partial charge in [-0.25, -0.2) is 13.8 Å². The maximum Gasteiger partial charge on any atom is 0.462 e. The Labute approximate surface area is 199 Å². The SMILES string of the molecule is CN([C@H]1CCOC1=O)P(=O)(OC[C@H]1O[C@@H](n2ccc(N)nc2=O)[C@](C)(F)[C@@H]1O)Oc1ccccc1. The second-order valence-corrected chi connectivity index (χ2v) is 10.4. The number of para-hydroxylation sites is 1. The van der Waals surface area contributed by atoms with Crippen molar-refractivity contribution in [2.45, 2.75) is 43.5 Å². The van der Waals surface area contributed by atoms with E-state index >= 15 is 4.39 Å². The third-order valence-electron chi connectivity index (χ3n) is 5.93. The van der Waals surface area contributed by atoms with Crippen molar-refractivity contribution >= 4 is 19.5 Å². The third kappa shape index (κ3) is 4.95. The van der Waals surface area contributed by atoms with Gasteiger partial charge < -0.3 is 24.8 Å². The summed E-state index contributed by atoms with van der Waals surface area (Å²) in [6.07, 6.45) is -3.18. The first-order valence-electron chi connectivity index (χ1n) is 10.8. The van der Waals surface area contributed by atoms with Crippen molar-refractivity contribution in [3.63, 3.8) is 0 Å². The van der Waals surface area contributed by atoms with Gasteiger partial charge in [-0.2, -0.15) is 9.65 Å². The van der Waals surface area contributed by atoms with Gasteiger partial charge in [0.15, 0.2) is 11.9 Å². The number of aliphatic hydroxyl groups excluding tert-OH is 1. The van der Waals surface area contributed by atoms with E-state index in [4.69, 9.17) is 24.3 Å². The third-order valence-corrected chi connectivity index (χ3v) is 7.90. The van der Waals surface area contributed by atoms with Crippen LogP contribution in [0.5, 0.6) is 5.75 Å². The molecule has 14 heteroatoms. The number of alkyl halides is 1. The fourth-order valence-corrected chi connectivity index (χ4v) is 5.55. The lowest BCUT2D eigenvalue weighted by atomic mass is 9.98. The minimum Gasteiger partial charge on any atom is -0.464 e. The van der Waals surface area contributed by atoms with Gasteiger partial charge in [0.2, 0.25) is 0 Å². The molecule has 0 saturated carbocycles. The summed E-state index contributed by atoms with van der Waals surface area (Å²) in [4.78, 5) is 27.9. The largest absolute Gasteiger partial charge is 0.464 e. The van der Waals surface area contributed by atoms with Crippen molar-refractivity contribution in [3.8, 4) is 5.75 Å². The summed E-state index contributed by atoms with van der Waals surface area (Å²) in [5.74, 6) is -0.441. The van der Waals surface area contributed by atoms with Crippen LogP contribution in [0.15, 0.2) is 47.4 Å². The van der Waals surface area contributed by atoms with Crippen LogP contribution < -0.4 is 15.9 Å². The molecule has 0 spiro atoms. The molecular formula is C21H26FN4O8P. The number of benzene rings is 1. The fourth-order valence-electron chi connectivity index (χ4n) is 3.91. The Morgan fingerprint density at radius 2 is 2.06 bits per heavy atom. The summed E-state index contributed by atoms with van der Waals surface area (Å²) >= 11 is 0. The van der Waals surface area contributed by atoms with Crippen LogP contribution in [0.3, 0.4) is 0 Å². The predicted molar refractivity (Wildman–Crippen MR) is 120 cm³/mol. The van der Waals surface area contributed by atoms with Crippen LogP contribution in [-0.2, 0) is 23.4 Å². The molecule has 1 aromatic carbocycles. The van der Waals surface area contributed by atoms with E-state index in [1.807, 2.05) is 0 Å². The van der Waals surface area contributed by atoms with Crippen LogP contribution in [0.2, 0.25) is 0 Å². The molecule has 2 aliphatic heterocycles. The summed E-state index contributed by atoms with van der Waals surface area (Å²) < 4.78 is 53.2. The fraction of sp³-hybridized carbons (Fsp3) is 0.476. The number of cyclic esters (lactones) is 1. The maximum atomic E-state index is 15.5. The number of halogens is 1. The highest BCUT2D eigenvalue weighted by Gasteiger charge is 2.56. The Hall–Kier alpha value is -2.83. The number of aliphatic hydroxyl groups is 1. The van der Waals surface area contributed by atoms with Gasteiger partial charge in [0.05, 0.1) is 13.2 Å². The van der Waals surface area contributed by atoms with Gasteiger partial charge in [0, 0.05) is 12.6 Å². The van der Waals surface area contributed by atoms with E-state index in [0.717, 1.165) is 16.2 Å². The lowest BCUT2D eigenvalue weighted by Gasteiger charge is -2.30. The summed E-state index contributed by atoms with van der Waals surface area (Å²) in [6, 6.07) is 8.54. The molecular weight excluding hydrogens is 486 g/mol. The van der Waals surface area contributed by atoms with E-state index in [-0.39, 0.29) is 24.6 Å². The molecule has 12 nitrogen and oxygen atoms in total. The van der Waals surface area contributed by atoms with Crippen LogP contribution in [0.25, 0.3) is 0 Å². The Morgan fingerprint density at radius 1 is 1.34 bits per heavy atom. The van der Waals surface area contributed by atoms with Crippen molar-refractivity contribution in [2.24, 2.45) is 0 Å². The number of likely N-dealkylation sites (N-methyl/N-ethyl adjacent to an activating group) is 1.